The normalized spacial score (nSPS) is 10.2. The highest BCUT2D eigenvalue weighted by Gasteiger charge is 2.17. The highest BCUT2D eigenvalue weighted by atomic mass is 16.3. The lowest BCUT2D eigenvalue weighted by Gasteiger charge is -2.19. The number of benzene rings is 1. The molecule has 0 spiro atoms. The van der Waals surface area contributed by atoms with Gasteiger partial charge in [0.2, 0.25) is 5.76 Å². The smallest absolute Gasteiger partial charge is 0.291 e. The maximum atomic E-state index is 12.0. The van der Waals surface area contributed by atoms with Gasteiger partial charge < -0.3 is 9.32 Å². The molecule has 4 heteroatoms. The molecule has 0 N–H and O–H groups in total. The second kappa shape index (κ2) is 5.30. The first-order chi connectivity index (χ1) is 8.31. The molecule has 0 saturated carbocycles. The first kappa shape index (κ1) is 11.4. The molecule has 0 aliphatic rings. The molecule has 0 radical (unpaired) electrons. The maximum absolute atomic E-state index is 12.0. The lowest BCUT2D eigenvalue weighted by atomic mass is 10.2. The standard InChI is InChI=1S/C13H14N2O2/c1-2-15(9-11-6-4-3-5-7-11)13(16)12-8-14-10-17-12/h3-8,10H,2,9H2,1H3. The third-order valence-corrected chi connectivity index (χ3v) is 2.53. The maximum Gasteiger partial charge on any atom is 0.291 e. The zero-order valence-electron chi connectivity index (χ0n) is 9.67. The fraction of sp³-hybridized carbons (Fsp3) is 0.231. The number of hydrogen-bond donors (Lipinski definition) is 0. The molecule has 0 saturated heterocycles. The molecule has 1 aromatic carbocycles. The molecule has 4 nitrogen and oxygen atoms in total. The van der Waals surface area contributed by atoms with Crippen LogP contribution in [0, 0.1) is 0 Å². The summed E-state index contributed by atoms with van der Waals surface area (Å²) >= 11 is 0. The first-order valence-electron chi connectivity index (χ1n) is 5.53. The zero-order valence-corrected chi connectivity index (χ0v) is 9.67. The first-order valence-corrected chi connectivity index (χ1v) is 5.53. The molecule has 1 amide bonds. The summed E-state index contributed by atoms with van der Waals surface area (Å²) in [6, 6.07) is 9.87. The second-order valence-corrected chi connectivity index (χ2v) is 3.67. The van der Waals surface area contributed by atoms with Crippen LogP contribution in [0.4, 0.5) is 0 Å². The Balaban J connectivity index is 2.10. The van der Waals surface area contributed by atoms with Crippen molar-refractivity contribution in [1.29, 1.82) is 0 Å². The Morgan fingerprint density at radius 2 is 2.12 bits per heavy atom. The third kappa shape index (κ3) is 2.72. The van der Waals surface area contributed by atoms with E-state index in [1.165, 1.54) is 12.6 Å². The fourth-order valence-corrected chi connectivity index (χ4v) is 1.61. The van der Waals surface area contributed by atoms with Crippen molar-refractivity contribution >= 4 is 5.91 Å². The van der Waals surface area contributed by atoms with E-state index in [2.05, 4.69) is 4.98 Å². The molecule has 2 rings (SSSR count). The van der Waals surface area contributed by atoms with Crippen LogP contribution in [0.1, 0.15) is 23.0 Å². The van der Waals surface area contributed by atoms with Crippen LogP contribution in [0.25, 0.3) is 0 Å². The number of carbonyl (C=O) groups excluding carboxylic acids is 1. The Morgan fingerprint density at radius 1 is 1.35 bits per heavy atom. The van der Waals surface area contributed by atoms with Crippen molar-refractivity contribution in [2.75, 3.05) is 6.54 Å². The predicted octanol–water partition coefficient (Wildman–Crippen LogP) is 2.34. The Hall–Kier alpha value is -2.10. The minimum atomic E-state index is -0.131. The van der Waals surface area contributed by atoms with Gasteiger partial charge in [0.1, 0.15) is 0 Å². The number of amides is 1. The number of hydrogen-bond acceptors (Lipinski definition) is 3. The van der Waals surface area contributed by atoms with Gasteiger partial charge in [0.05, 0.1) is 6.20 Å². The van der Waals surface area contributed by atoms with Gasteiger partial charge in [-0.25, -0.2) is 4.98 Å². The Kier molecular flexibility index (Phi) is 3.55. The SMILES string of the molecule is CCN(Cc1ccccc1)C(=O)c1cnco1. The topological polar surface area (TPSA) is 46.3 Å². The van der Waals surface area contributed by atoms with Crippen LogP contribution in [0.2, 0.25) is 0 Å². The van der Waals surface area contributed by atoms with Crippen molar-refractivity contribution in [2.24, 2.45) is 0 Å². The molecule has 17 heavy (non-hydrogen) atoms. The molecule has 0 unspecified atom stereocenters. The molecule has 0 atom stereocenters. The van der Waals surface area contributed by atoms with Crippen molar-refractivity contribution in [3.63, 3.8) is 0 Å². The minimum absolute atomic E-state index is 0.131. The van der Waals surface area contributed by atoms with Crippen LogP contribution in [0.3, 0.4) is 0 Å². The van der Waals surface area contributed by atoms with Crippen molar-refractivity contribution in [3.05, 3.63) is 54.2 Å². The van der Waals surface area contributed by atoms with Gasteiger partial charge in [0.15, 0.2) is 6.39 Å². The summed E-state index contributed by atoms with van der Waals surface area (Å²) in [5, 5.41) is 0. The summed E-state index contributed by atoms with van der Waals surface area (Å²) in [6.07, 6.45) is 2.71. The van der Waals surface area contributed by atoms with Crippen LogP contribution in [0.5, 0.6) is 0 Å². The molecule has 0 fully saturated rings. The molecule has 2 aromatic rings. The van der Waals surface area contributed by atoms with Gasteiger partial charge in [-0.3, -0.25) is 4.79 Å². The van der Waals surface area contributed by atoms with Crippen LogP contribution in [0.15, 0.2) is 47.3 Å². The summed E-state index contributed by atoms with van der Waals surface area (Å²) < 4.78 is 5.01. The lowest BCUT2D eigenvalue weighted by Crippen LogP contribution is -2.29. The van der Waals surface area contributed by atoms with Crippen LogP contribution in [-0.4, -0.2) is 22.3 Å². The van der Waals surface area contributed by atoms with Gasteiger partial charge in [-0.05, 0) is 12.5 Å². The Labute approximate surface area is 99.9 Å². The number of rotatable bonds is 4. The van der Waals surface area contributed by atoms with E-state index >= 15 is 0 Å². The average molecular weight is 230 g/mol. The van der Waals surface area contributed by atoms with E-state index in [1.54, 1.807) is 4.90 Å². The van der Waals surface area contributed by atoms with Gasteiger partial charge in [-0.1, -0.05) is 30.3 Å². The number of oxazole rings is 1. The van der Waals surface area contributed by atoms with Gasteiger partial charge in [-0.2, -0.15) is 0 Å². The Morgan fingerprint density at radius 3 is 2.71 bits per heavy atom. The summed E-state index contributed by atoms with van der Waals surface area (Å²) in [5.74, 6) is 0.150. The van der Waals surface area contributed by atoms with Crippen LogP contribution in [-0.2, 0) is 6.54 Å². The summed E-state index contributed by atoms with van der Waals surface area (Å²) in [7, 11) is 0. The van der Waals surface area contributed by atoms with Gasteiger partial charge in [0.25, 0.3) is 5.91 Å². The van der Waals surface area contributed by atoms with Gasteiger partial charge in [-0.15, -0.1) is 0 Å². The van der Waals surface area contributed by atoms with Crippen molar-refractivity contribution in [3.8, 4) is 0 Å². The summed E-state index contributed by atoms with van der Waals surface area (Å²) in [4.78, 5) is 17.5. The molecular weight excluding hydrogens is 216 g/mol. The second-order valence-electron chi connectivity index (χ2n) is 3.67. The van der Waals surface area contributed by atoms with E-state index in [9.17, 15) is 4.79 Å². The zero-order chi connectivity index (χ0) is 12.1. The molecule has 1 aromatic heterocycles. The highest BCUT2D eigenvalue weighted by molar-refractivity contribution is 5.91. The van der Waals surface area contributed by atoms with E-state index in [0.29, 0.717) is 13.1 Å². The monoisotopic (exact) mass is 230 g/mol. The number of carbonyl (C=O) groups is 1. The number of nitrogens with zero attached hydrogens (tertiary/aromatic N) is 2. The number of aromatic nitrogens is 1. The van der Waals surface area contributed by atoms with E-state index in [0.717, 1.165) is 5.56 Å². The Bertz CT molecular complexity index is 465. The highest BCUT2D eigenvalue weighted by Crippen LogP contribution is 2.09. The van der Waals surface area contributed by atoms with E-state index in [4.69, 9.17) is 4.42 Å². The summed E-state index contributed by atoms with van der Waals surface area (Å²) in [6.45, 7) is 3.16. The largest absolute Gasteiger partial charge is 0.438 e. The summed E-state index contributed by atoms with van der Waals surface area (Å²) in [5.41, 5.74) is 1.10. The average Bonchev–Trinajstić information content (AvgIpc) is 2.90. The third-order valence-electron chi connectivity index (χ3n) is 2.53. The quantitative estimate of drug-likeness (QED) is 0.809. The van der Waals surface area contributed by atoms with Gasteiger partial charge in [0, 0.05) is 13.1 Å². The van der Waals surface area contributed by atoms with Crippen LogP contribution < -0.4 is 0 Å². The van der Waals surface area contributed by atoms with Gasteiger partial charge >= 0.3 is 0 Å². The van der Waals surface area contributed by atoms with Crippen molar-refractivity contribution in [2.45, 2.75) is 13.5 Å². The van der Waals surface area contributed by atoms with E-state index in [1.807, 2.05) is 37.3 Å². The van der Waals surface area contributed by atoms with Crippen molar-refractivity contribution in [1.82, 2.24) is 9.88 Å². The molecule has 88 valence electrons. The van der Waals surface area contributed by atoms with E-state index < -0.39 is 0 Å². The molecule has 0 aliphatic carbocycles. The molecular formula is C13H14N2O2. The molecule has 0 bridgehead atoms. The van der Waals surface area contributed by atoms with Crippen LogP contribution >= 0.6 is 0 Å². The fourth-order valence-electron chi connectivity index (χ4n) is 1.61. The van der Waals surface area contributed by atoms with Crippen molar-refractivity contribution < 1.29 is 9.21 Å². The molecule has 0 aliphatic heterocycles. The molecule has 1 heterocycles. The predicted molar refractivity (Wildman–Crippen MR) is 63.4 cm³/mol. The lowest BCUT2D eigenvalue weighted by molar-refractivity contribution is 0.0720. The minimum Gasteiger partial charge on any atom is -0.438 e. The van der Waals surface area contributed by atoms with E-state index in [-0.39, 0.29) is 11.7 Å².